The van der Waals surface area contributed by atoms with Gasteiger partial charge in [0.05, 0.1) is 12.4 Å². The van der Waals surface area contributed by atoms with Crippen LogP contribution in [0.15, 0.2) is 30.6 Å². The van der Waals surface area contributed by atoms with E-state index in [4.69, 9.17) is 34.8 Å². The minimum absolute atomic E-state index is 0.249. The van der Waals surface area contributed by atoms with Crippen molar-refractivity contribution in [2.24, 2.45) is 0 Å². The average molecular weight is 303 g/mol. The number of anilines is 1. The van der Waals surface area contributed by atoms with E-state index in [1.165, 1.54) is 24.5 Å². The van der Waals surface area contributed by atoms with Crippen molar-refractivity contribution in [2.75, 3.05) is 5.32 Å². The maximum atomic E-state index is 11.9. The van der Waals surface area contributed by atoms with Gasteiger partial charge in [0.1, 0.15) is 5.15 Å². The minimum Gasteiger partial charge on any atom is -0.305 e. The number of hydrogen-bond acceptors (Lipinski definition) is 3. The molecule has 0 saturated carbocycles. The highest BCUT2D eigenvalue weighted by Crippen LogP contribution is 2.19. The molecule has 4 nitrogen and oxygen atoms in total. The third kappa shape index (κ3) is 3.32. The topological polar surface area (TPSA) is 54.9 Å². The number of hydrogen-bond donors (Lipinski definition) is 1. The molecule has 1 amide bonds. The fraction of sp³-hybridized carbons (Fsp3) is 0. The van der Waals surface area contributed by atoms with Crippen molar-refractivity contribution in [3.8, 4) is 0 Å². The fourth-order valence-corrected chi connectivity index (χ4v) is 1.87. The van der Waals surface area contributed by atoms with Gasteiger partial charge in [-0.3, -0.25) is 4.79 Å². The van der Waals surface area contributed by atoms with Gasteiger partial charge >= 0.3 is 0 Å². The molecule has 0 unspecified atom stereocenters. The summed E-state index contributed by atoms with van der Waals surface area (Å²) in [6, 6.07) is 4.56. The van der Waals surface area contributed by atoms with Gasteiger partial charge in [-0.15, -0.1) is 0 Å². The number of rotatable bonds is 2. The largest absolute Gasteiger partial charge is 0.305 e. The summed E-state index contributed by atoms with van der Waals surface area (Å²) >= 11 is 17.2. The highest BCUT2D eigenvalue weighted by atomic mass is 35.5. The van der Waals surface area contributed by atoms with Gasteiger partial charge in [-0.1, -0.05) is 34.8 Å². The minimum atomic E-state index is -0.379. The van der Waals surface area contributed by atoms with Crippen molar-refractivity contribution in [1.29, 1.82) is 0 Å². The molecule has 18 heavy (non-hydrogen) atoms. The Bertz CT molecular complexity index is 566. The summed E-state index contributed by atoms with van der Waals surface area (Å²) in [5.74, 6) is -0.0866. The Hall–Kier alpha value is -1.36. The molecule has 1 aromatic carbocycles. The third-order valence-corrected chi connectivity index (χ3v) is 2.62. The zero-order valence-electron chi connectivity index (χ0n) is 8.82. The van der Waals surface area contributed by atoms with Crippen LogP contribution in [-0.4, -0.2) is 15.9 Å². The lowest BCUT2D eigenvalue weighted by Gasteiger charge is -2.05. The molecular weight excluding hydrogens is 296 g/mol. The van der Waals surface area contributed by atoms with Crippen molar-refractivity contribution in [3.63, 3.8) is 0 Å². The quantitative estimate of drug-likeness (QED) is 0.920. The molecule has 0 saturated heterocycles. The van der Waals surface area contributed by atoms with E-state index in [0.29, 0.717) is 21.4 Å². The van der Waals surface area contributed by atoms with Gasteiger partial charge in [-0.25, -0.2) is 9.97 Å². The second-order valence-corrected chi connectivity index (χ2v) is 4.60. The molecule has 0 fully saturated rings. The van der Waals surface area contributed by atoms with Gasteiger partial charge in [0.25, 0.3) is 5.91 Å². The van der Waals surface area contributed by atoms with Crippen molar-refractivity contribution in [1.82, 2.24) is 9.97 Å². The Kier molecular flexibility index (Phi) is 4.01. The normalized spacial score (nSPS) is 10.2. The first-order chi connectivity index (χ1) is 8.54. The van der Waals surface area contributed by atoms with Crippen LogP contribution in [0.4, 0.5) is 5.82 Å². The third-order valence-electron chi connectivity index (χ3n) is 1.99. The molecule has 1 aromatic heterocycles. The molecule has 92 valence electrons. The zero-order chi connectivity index (χ0) is 13.1. The van der Waals surface area contributed by atoms with Crippen molar-refractivity contribution in [2.45, 2.75) is 0 Å². The molecule has 1 N–H and O–H groups in total. The molecule has 0 aliphatic heterocycles. The summed E-state index contributed by atoms with van der Waals surface area (Å²) in [5, 5.41) is 3.57. The van der Waals surface area contributed by atoms with Crippen LogP contribution in [0.1, 0.15) is 10.4 Å². The lowest BCUT2D eigenvalue weighted by molar-refractivity contribution is 0.102. The number of benzene rings is 1. The standard InChI is InChI=1S/C11H6Cl3N3O/c12-7-1-6(2-8(13)3-7)11(18)17-10-5-15-9(14)4-16-10/h1-5H,(H,16,17,18). The Balaban J connectivity index is 2.19. The van der Waals surface area contributed by atoms with Crippen LogP contribution < -0.4 is 5.32 Å². The van der Waals surface area contributed by atoms with Gasteiger partial charge in [0.2, 0.25) is 0 Å². The fourth-order valence-electron chi connectivity index (χ4n) is 1.25. The number of nitrogens with zero attached hydrogens (tertiary/aromatic N) is 2. The second kappa shape index (κ2) is 5.52. The van der Waals surface area contributed by atoms with Crippen molar-refractivity contribution >= 4 is 46.5 Å². The predicted molar refractivity (Wildman–Crippen MR) is 71.5 cm³/mol. The molecule has 0 atom stereocenters. The van der Waals surface area contributed by atoms with E-state index < -0.39 is 0 Å². The summed E-state index contributed by atoms with van der Waals surface area (Å²) < 4.78 is 0. The van der Waals surface area contributed by atoms with Gasteiger partial charge in [0.15, 0.2) is 5.82 Å². The number of carbonyl (C=O) groups excluding carboxylic acids is 1. The lowest BCUT2D eigenvalue weighted by atomic mass is 10.2. The van der Waals surface area contributed by atoms with E-state index in [1.807, 2.05) is 0 Å². The van der Waals surface area contributed by atoms with Crippen molar-refractivity contribution < 1.29 is 4.79 Å². The smallest absolute Gasteiger partial charge is 0.256 e. The van der Waals surface area contributed by atoms with Crippen LogP contribution in [-0.2, 0) is 0 Å². The Labute approximate surface area is 118 Å². The van der Waals surface area contributed by atoms with Crippen LogP contribution in [0, 0.1) is 0 Å². The maximum Gasteiger partial charge on any atom is 0.256 e. The Morgan fingerprint density at radius 3 is 2.22 bits per heavy atom. The Morgan fingerprint density at radius 1 is 1.00 bits per heavy atom. The summed E-state index contributed by atoms with van der Waals surface area (Å²) in [6.45, 7) is 0. The molecule has 0 bridgehead atoms. The SMILES string of the molecule is O=C(Nc1cnc(Cl)cn1)c1cc(Cl)cc(Cl)c1. The highest BCUT2D eigenvalue weighted by Gasteiger charge is 2.09. The van der Waals surface area contributed by atoms with E-state index in [1.54, 1.807) is 6.07 Å². The summed E-state index contributed by atoms with van der Waals surface area (Å²) in [4.78, 5) is 19.6. The van der Waals surface area contributed by atoms with Crippen LogP contribution in [0.2, 0.25) is 15.2 Å². The summed E-state index contributed by atoms with van der Waals surface area (Å²) in [6.07, 6.45) is 2.69. The van der Waals surface area contributed by atoms with Crippen LogP contribution in [0.3, 0.4) is 0 Å². The van der Waals surface area contributed by atoms with E-state index in [-0.39, 0.29) is 11.1 Å². The van der Waals surface area contributed by atoms with Gasteiger partial charge in [0, 0.05) is 15.6 Å². The van der Waals surface area contributed by atoms with Crippen LogP contribution in [0.25, 0.3) is 0 Å². The average Bonchev–Trinajstić information content (AvgIpc) is 2.31. The number of halogens is 3. The van der Waals surface area contributed by atoms with E-state index >= 15 is 0 Å². The zero-order valence-corrected chi connectivity index (χ0v) is 11.1. The molecule has 2 rings (SSSR count). The van der Waals surface area contributed by atoms with Gasteiger partial charge in [-0.2, -0.15) is 0 Å². The highest BCUT2D eigenvalue weighted by molar-refractivity contribution is 6.35. The summed E-state index contributed by atoms with van der Waals surface area (Å²) in [5.41, 5.74) is 0.337. The first-order valence-corrected chi connectivity index (χ1v) is 5.93. The van der Waals surface area contributed by atoms with Crippen LogP contribution >= 0.6 is 34.8 Å². The maximum absolute atomic E-state index is 11.9. The number of carbonyl (C=O) groups is 1. The van der Waals surface area contributed by atoms with Gasteiger partial charge < -0.3 is 5.32 Å². The first-order valence-electron chi connectivity index (χ1n) is 4.79. The molecule has 0 radical (unpaired) electrons. The molecule has 0 aliphatic rings. The molecule has 1 heterocycles. The van der Waals surface area contributed by atoms with Gasteiger partial charge in [-0.05, 0) is 18.2 Å². The van der Waals surface area contributed by atoms with E-state index in [2.05, 4.69) is 15.3 Å². The molecule has 2 aromatic rings. The van der Waals surface area contributed by atoms with E-state index in [9.17, 15) is 4.79 Å². The van der Waals surface area contributed by atoms with Crippen LogP contribution in [0.5, 0.6) is 0 Å². The lowest BCUT2D eigenvalue weighted by Crippen LogP contribution is -2.13. The molecule has 7 heteroatoms. The number of nitrogens with one attached hydrogen (secondary N) is 1. The monoisotopic (exact) mass is 301 g/mol. The number of aromatic nitrogens is 2. The molecular formula is C11H6Cl3N3O. The Morgan fingerprint density at radius 2 is 1.67 bits per heavy atom. The second-order valence-electron chi connectivity index (χ2n) is 3.34. The van der Waals surface area contributed by atoms with E-state index in [0.717, 1.165) is 0 Å². The number of amides is 1. The first kappa shape index (κ1) is 13.1. The van der Waals surface area contributed by atoms with Crippen molar-refractivity contribution in [3.05, 3.63) is 51.4 Å². The molecule has 0 aliphatic carbocycles. The predicted octanol–water partition coefficient (Wildman–Crippen LogP) is 3.69. The summed E-state index contributed by atoms with van der Waals surface area (Å²) in [7, 11) is 0. The molecule has 0 spiro atoms.